The Kier molecular flexibility index (Phi) is 6.75. The molecule has 0 aromatic heterocycles. The van der Waals surface area contributed by atoms with Gasteiger partial charge in [0.2, 0.25) is 11.8 Å². The minimum absolute atomic E-state index is 0.107. The monoisotopic (exact) mass is 333 g/mol. The molecule has 1 aliphatic heterocycles. The van der Waals surface area contributed by atoms with Gasteiger partial charge in [0, 0.05) is 39.0 Å². The molecule has 132 valence electrons. The molecule has 2 N–H and O–H groups in total. The Morgan fingerprint density at radius 3 is 2.58 bits per heavy atom. The van der Waals surface area contributed by atoms with Crippen molar-refractivity contribution in [2.75, 3.05) is 44.8 Å². The second-order valence-corrected chi connectivity index (χ2v) is 6.21. The number of nitrogens with one attached hydrogen (secondary N) is 2. The Morgan fingerprint density at radius 2 is 1.92 bits per heavy atom. The molecule has 24 heavy (non-hydrogen) atoms. The molecular weight excluding hydrogens is 306 g/mol. The summed E-state index contributed by atoms with van der Waals surface area (Å²) in [4.78, 5) is 26.5. The number of carbonyl (C=O) groups is 2. The van der Waals surface area contributed by atoms with Crippen molar-refractivity contribution in [3.05, 3.63) is 29.3 Å². The second-order valence-electron chi connectivity index (χ2n) is 6.21. The number of carbonyl (C=O) groups excluding carboxylic acids is 2. The second kappa shape index (κ2) is 8.80. The van der Waals surface area contributed by atoms with E-state index < -0.39 is 5.92 Å². The minimum Gasteiger partial charge on any atom is -0.383 e. The lowest BCUT2D eigenvalue weighted by atomic mass is 10.1. The largest absolute Gasteiger partial charge is 0.383 e. The molecule has 0 radical (unpaired) electrons. The number of benzene rings is 1. The molecule has 1 aromatic carbocycles. The lowest BCUT2D eigenvalue weighted by Crippen LogP contribution is -2.39. The van der Waals surface area contributed by atoms with Crippen LogP contribution in [0.5, 0.6) is 0 Å². The van der Waals surface area contributed by atoms with Crippen LogP contribution in [0.3, 0.4) is 0 Å². The fourth-order valence-corrected chi connectivity index (χ4v) is 2.98. The number of amides is 2. The van der Waals surface area contributed by atoms with Gasteiger partial charge in [-0.3, -0.25) is 9.59 Å². The molecular formula is C18H27N3O3. The zero-order valence-electron chi connectivity index (χ0n) is 14.7. The topological polar surface area (TPSA) is 70.7 Å². The number of nitrogens with zero attached hydrogens (tertiary/aromatic N) is 1. The third-order valence-corrected chi connectivity index (χ3v) is 4.12. The molecule has 1 unspecified atom stereocenters. The Balaban J connectivity index is 1.85. The molecule has 1 aliphatic rings. The van der Waals surface area contributed by atoms with Crippen molar-refractivity contribution < 1.29 is 14.3 Å². The Bertz CT molecular complexity index is 569. The van der Waals surface area contributed by atoms with Crippen molar-refractivity contribution in [2.45, 2.75) is 20.3 Å². The summed E-state index contributed by atoms with van der Waals surface area (Å²) in [7, 11) is 1.65. The fourth-order valence-electron chi connectivity index (χ4n) is 2.98. The van der Waals surface area contributed by atoms with Crippen LogP contribution in [0.4, 0.5) is 5.69 Å². The number of methoxy groups -OCH3 is 1. The van der Waals surface area contributed by atoms with E-state index in [1.807, 2.05) is 26.0 Å². The molecule has 2 rings (SSSR count). The summed E-state index contributed by atoms with van der Waals surface area (Å²) in [5.41, 5.74) is 3.12. The van der Waals surface area contributed by atoms with Gasteiger partial charge >= 0.3 is 0 Å². The predicted molar refractivity (Wildman–Crippen MR) is 94.1 cm³/mol. The number of hydrogen-bond acceptors (Lipinski definition) is 4. The molecule has 1 atom stereocenters. The van der Waals surface area contributed by atoms with E-state index in [1.54, 1.807) is 12.0 Å². The van der Waals surface area contributed by atoms with E-state index in [0.717, 1.165) is 23.4 Å². The van der Waals surface area contributed by atoms with Crippen LogP contribution in [0, 0.1) is 19.8 Å². The highest BCUT2D eigenvalue weighted by molar-refractivity contribution is 6.09. The number of anilines is 1. The molecule has 1 saturated heterocycles. The van der Waals surface area contributed by atoms with Crippen molar-refractivity contribution in [2.24, 2.45) is 5.92 Å². The summed E-state index contributed by atoms with van der Waals surface area (Å²) in [5, 5.41) is 5.99. The Hall–Kier alpha value is -1.92. The van der Waals surface area contributed by atoms with Crippen molar-refractivity contribution in [1.29, 1.82) is 0 Å². The molecule has 1 fully saturated rings. The van der Waals surface area contributed by atoms with Gasteiger partial charge in [0.05, 0.1) is 6.61 Å². The van der Waals surface area contributed by atoms with Crippen molar-refractivity contribution in [3.8, 4) is 0 Å². The van der Waals surface area contributed by atoms with Gasteiger partial charge in [-0.2, -0.15) is 0 Å². The van der Waals surface area contributed by atoms with Crippen LogP contribution in [0.1, 0.15) is 17.5 Å². The SMILES string of the molecule is COCCNCCNC(=O)C1CCN(c2cc(C)cc(C)c2)C1=O. The van der Waals surface area contributed by atoms with E-state index in [0.29, 0.717) is 32.7 Å². The van der Waals surface area contributed by atoms with E-state index in [2.05, 4.69) is 16.7 Å². The maximum Gasteiger partial charge on any atom is 0.239 e. The summed E-state index contributed by atoms with van der Waals surface area (Å²) in [5.74, 6) is -0.866. The van der Waals surface area contributed by atoms with E-state index in [4.69, 9.17) is 4.74 Å². The third-order valence-electron chi connectivity index (χ3n) is 4.12. The zero-order valence-corrected chi connectivity index (χ0v) is 14.7. The van der Waals surface area contributed by atoms with Gasteiger partial charge in [-0.25, -0.2) is 0 Å². The first kappa shape index (κ1) is 18.4. The minimum atomic E-state index is -0.579. The Labute approximate surface area is 143 Å². The first-order chi connectivity index (χ1) is 11.5. The normalized spacial score (nSPS) is 17.4. The van der Waals surface area contributed by atoms with Crippen molar-refractivity contribution >= 4 is 17.5 Å². The van der Waals surface area contributed by atoms with E-state index in [-0.39, 0.29) is 11.8 Å². The summed E-state index contributed by atoms with van der Waals surface area (Å²) >= 11 is 0. The van der Waals surface area contributed by atoms with Gasteiger partial charge in [-0.1, -0.05) is 6.07 Å². The maximum atomic E-state index is 12.6. The molecule has 0 bridgehead atoms. The highest BCUT2D eigenvalue weighted by Gasteiger charge is 2.37. The number of aryl methyl sites for hydroxylation is 2. The average molecular weight is 333 g/mol. The van der Waals surface area contributed by atoms with Crippen LogP contribution >= 0.6 is 0 Å². The fraction of sp³-hybridized carbons (Fsp3) is 0.556. The quantitative estimate of drug-likeness (QED) is 0.550. The Morgan fingerprint density at radius 1 is 1.21 bits per heavy atom. The van der Waals surface area contributed by atoms with Crippen LogP contribution in [0.15, 0.2) is 18.2 Å². The molecule has 1 aromatic rings. The zero-order chi connectivity index (χ0) is 17.5. The van der Waals surface area contributed by atoms with Crippen LogP contribution in [0.2, 0.25) is 0 Å². The highest BCUT2D eigenvalue weighted by Crippen LogP contribution is 2.27. The van der Waals surface area contributed by atoms with Crippen LogP contribution < -0.4 is 15.5 Å². The molecule has 6 nitrogen and oxygen atoms in total. The maximum absolute atomic E-state index is 12.6. The molecule has 6 heteroatoms. The van der Waals surface area contributed by atoms with Crippen molar-refractivity contribution in [3.63, 3.8) is 0 Å². The first-order valence-corrected chi connectivity index (χ1v) is 8.40. The van der Waals surface area contributed by atoms with E-state index in [9.17, 15) is 9.59 Å². The third kappa shape index (κ3) is 4.79. The first-order valence-electron chi connectivity index (χ1n) is 8.40. The summed E-state index contributed by atoms with van der Waals surface area (Å²) in [6, 6.07) is 6.06. The van der Waals surface area contributed by atoms with Gasteiger partial charge < -0.3 is 20.3 Å². The lowest BCUT2D eigenvalue weighted by Gasteiger charge is -2.18. The summed E-state index contributed by atoms with van der Waals surface area (Å²) in [6.45, 7) is 7.17. The molecule has 0 spiro atoms. The summed E-state index contributed by atoms with van der Waals surface area (Å²) < 4.78 is 4.94. The molecule has 2 amide bonds. The predicted octanol–water partition coefficient (Wildman–Crippen LogP) is 1.01. The molecule has 0 aliphatic carbocycles. The highest BCUT2D eigenvalue weighted by atomic mass is 16.5. The molecule has 0 saturated carbocycles. The number of rotatable bonds is 8. The van der Waals surface area contributed by atoms with Crippen LogP contribution in [-0.2, 0) is 14.3 Å². The van der Waals surface area contributed by atoms with Gasteiger partial charge in [-0.05, 0) is 43.5 Å². The summed E-state index contributed by atoms with van der Waals surface area (Å²) in [6.07, 6.45) is 0.564. The molecule has 1 heterocycles. The van der Waals surface area contributed by atoms with E-state index in [1.165, 1.54) is 0 Å². The van der Waals surface area contributed by atoms with Gasteiger partial charge in [0.15, 0.2) is 0 Å². The number of ether oxygens (including phenoxy) is 1. The number of hydrogen-bond donors (Lipinski definition) is 2. The van der Waals surface area contributed by atoms with Gasteiger partial charge in [0.25, 0.3) is 0 Å². The standard InChI is InChI=1S/C18H27N3O3/c1-13-10-14(2)12-15(11-13)21-8-4-16(18(21)23)17(22)20-6-5-19-7-9-24-3/h10-12,16,19H,4-9H2,1-3H3,(H,20,22). The van der Waals surface area contributed by atoms with Crippen molar-refractivity contribution in [1.82, 2.24) is 10.6 Å². The van der Waals surface area contributed by atoms with Gasteiger partial charge in [-0.15, -0.1) is 0 Å². The van der Waals surface area contributed by atoms with Crippen LogP contribution in [0.25, 0.3) is 0 Å². The van der Waals surface area contributed by atoms with Crippen LogP contribution in [-0.4, -0.2) is 51.7 Å². The average Bonchev–Trinajstić information content (AvgIpc) is 2.91. The lowest BCUT2D eigenvalue weighted by molar-refractivity contribution is -0.132. The smallest absolute Gasteiger partial charge is 0.239 e. The van der Waals surface area contributed by atoms with E-state index >= 15 is 0 Å². The van der Waals surface area contributed by atoms with Gasteiger partial charge in [0.1, 0.15) is 5.92 Å².